The van der Waals surface area contributed by atoms with Gasteiger partial charge in [0.25, 0.3) is 5.91 Å². The lowest BCUT2D eigenvalue weighted by Crippen LogP contribution is -2.51. The van der Waals surface area contributed by atoms with E-state index in [9.17, 15) is 9.59 Å². The summed E-state index contributed by atoms with van der Waals surface area (Å²) in [6, 6.07) is 12.7. The molecule has 172 valence electrons. The zero-order chi connectivity index (χ0) is 23.1. The summed E-state index contributed by atoms with van der Waals surface area (Å²) < 4.78 is 5.78. The molecule has 1 unspecified atom stereocenters. The van der Waals surface area contributed by atoms with Gasteiger partial charge in [0, 0.05) is 17.6 Å². The molecule has 1 aliphatic carbocycles. The summed E-state index contributed by atoms with van der Waals surface area (Å²) in [7, 11) is 0. The van der Waals surface area contributed by atoms with Gasteiger partial charge in [-0.2, -0.15) is 0 Å². The Labute approximate surface area is 196 Å². The molecular formula is C26H33ClN2O3. The van der Waals surface area contributed by atoms with E-state index in [4.69, 9.17) is 16.3 Å². The Morgan fingerprint density at radius 3 is 2.41 bits per heavy atom. The predicted molar refractivity (Wildman–Crippen MR) is 128 cm³/mol. The number of aryl methyl sites for hydroxylation is 2. The van der Waals surface area contributed by atoms with Crippen LogP contribution in [0.3, 0.4) is 0 Å². The minimum Gasteiger partial charge on any atom is -0.484 e. The molecule has 0 aliphatic heterocycles. The van der Waals surface area contributed by atoms with Crippen molar-refractivity contribution in [2.45, 2.75) is 71.5 Å². The molecule has 5 nitrogen and oxygen atoms in total. The molecule has 32 heavy (non-hydrogen) atoms. The molecule has 2 aromatic rings. The van der Waals surface area contributed by atoms with E-state index in [0.29, 0.717) is 17.3 Å². The van der Waals surface area contributed by atoms with Gasteiger partial charge in [0.15, 0.2) is 6.61 Å². The number of nitrogens with one attached hydrogen (secondary N) is 1. The molecular weight excluding hydrogens is 424 g/mol. The van der Waals surface area contributed by atoms with E-state index in [-0.39, 0.29) is 24.5 Å². The van der Waals surface area contributed by atoms with Crippen molar-refractivity contribution in [3.8, 4) is 5.75 Å². The average Bonchev–Trinajstić information content (AvgIpc) is 2.79. The van der Waals surface area contributed by atoms with E-state index in [1.165, 1.54) is 12.0 Å². The fourth-order valence-electron chi connectivity index (χ4n) is 3.97. The van der Waals surface area contributed by atoms with Crippen molar-refractivity contribution in [2.24, 2.45) is 0 Å². The van der Waals surface area contributed by atoms with Gasteiger partial charge in [-0.3, -0.25) is 9.59 Å². The molecule has 0 spiro atoms. The Kier molecular flexibility index (Phi) is 8.57. The smallest absolute Gasteiger partial charge is 0.261 e. The molecule has 1 N–H and O–H groups in total. The van der Waals surface area contributed by atoms with Gasteiger partial charge >= 0.3 is 0 Å². The van der Waals surface area contributed by atoms with Crippen molar-refractivity contribution < 1.29 is 14.3 Å². The fourth-order valence-corrected chi connectivity index (χ4v) is 4.10. The van der Waals surface area contributed by atoms with Crippen LogP contribution in [0.1, 0.15) is 55.7 Å². The molecule has 0 heterocycles. The average molecular weight is 457 g/mol. The Balaban J connectivity index is 1.70. The molecule has 0 aromatic heterocycles. The number of halogens is 1. The van der Waals surface area contributed by atoms with Gasteiger partial charge in [0.05, 0.1) is 0 Å². The van der Waals surface area contributed by atoms with Gasteiger partial charge in [-0.25, -0.2) is 0 Å². The van der Waals surface area contributed by atoms with Crippen LogP contribution in [0, 0.1) is 13.8 Å². The highest BCUT2D eigenvalue weighted by atomic mass is 35.5. The summed E-state index contributed by atoms with van der Waals surface area (Å²) in [5.74, 6) is 0.294. The summed E-state index contributed by atoms with van der Waals surface area (Å²) in [6.07, 6.45) is 5.49. The largest absolute Gasteiger partial charge is 0.484 e. The number of hydrogen-bond donors (Lipinski definition) is 1. The summed E-state index contributed by atoms with van der Waals surface area (Å²) in [5.41, 5.74) is 3.18. The maximum absolute atomic E-state index is 13.2. The van der Waals surface area contributed by atoms with Crippen molar-refractivity contribution in [1.82, 2.24) is 10.2 Å². The summed E-state index contributed by atoms with van der Waals surface area (Å²) >= 11 is 6.01. The third kappa shape index (κ3) is 6.73. The highest BCUT2D eigenvalue weighted by Crippen LogP contribution is 2.20. The number of nitrogens with zero attached hydrogens (tertiary/aromatic N) is 1. The van der Waals surface area contributed by atoms with Crippen LogP contribution in [0.15, 0.2) is 42.5 Å². The lowest BCUT2D eigenvalue weighted by molar-refractivity contribution is -0.142. The first-order valence-electron chi connectivity index (χ1n) is 11.4. The van der Waals surface area contributed by atoms with E-state index in [1.54, 1.807) is 24.0 Å². The molecule has 0 saturated heterocycles. The first kappa shape index (κ1) is 24.1. The Morgan fingerprint density at radius 1 is 1.06 bits per heavy atom. The van der Waals surface area contributed by atoms with Crippen molar-refractivity contribution >= 4 is 23.4 Å². The normalized spacial score (nSPS) is 15.1. The second-order valence-electron chi connectivity index (χ2n) is 8.70. The monoisotopic (exact) mass is 456 g/mol. The molecule has 1 atom stereocenters. The predicted octanol–water partition coefficient (Wildman–Crippen LogP) is 5.20. The number of carbonyl (C=O) groups is 2. The van der Waals surface area contributed by atoms with Crippen LogP contribution in [0.25, 0.3) is 0 Å². The van der Waals surface area contributed by atoms with E-state index < -0.39 is 6.04 Å². The van der Waals surface area contributed by atoms with Crippen LogP contribution in [-0.4, -0.2) is 35.4 Å². The Bertz CT molecular complexity index is 923. The number of carbonyl (C=O) groups excluding carboxylic acids is 2. The Hall–Kier alpha value is -2.53. The van der Waals surface area contributed by atoms with Crippen LogP contribution >= 0.6 is 11.6 Å². The Morgan fingerprint density at radius 2 is 1.75 bits per heavy atom. The molecule has 1 aliphatic rings. The number of amides is 2. The van der Waals surface area contributed by atoms with E-state index in [0.717, 1.165) is 36.8 Å². The minimum absolute atomic E-state index is 0.120. The first-order valence-corrected chi connectivity index (χ1v) is 11.8. The van der Waals surface area contributed by atoms with Gasteiger partial charge in [-0.1, -0.05) is 49.1 Å². The van der Waals surface area contributed by atoms with E-state index in [2.05, 4.69) is 5.32 Å². The van der Waals surface area contributed by atoms with Gasteiger partial charge in [-0.05, 0) is 74.6 Å². The zero-order valence-corrected chi connectivity index (χ0v) is 20.0. The molecule has 0 bridgehead atoms. The van der Waals surface area contributed by atoms with Crippen LogP contribution in [-0.2, 0) is 16.1 Å². The first-order chi connectivity index (χ1) is 15.3. The van der Waals surface area contributed by atoms with Crippen LogP contribution in [0.2, 0.25) is 5.02 Å². The minimum atomic E-state index is -0.608. The van der Waals surface area contributed by atoms with Gasteiger partial charge in [0.1, 0.15) is 11.8 Å². The van der Waals surface area contributed by atoms with Crippen molar-refractivity contribution in [3.05, 3.63) is 64.2 Å². The second-order valence-corrected chi connectivity index (χ2v) is 9.14. The molecule has 6 heteroatoms. The van der Waals surface area contributed by atoms with Crippen molar-refractivity contribution in [1.29, 1.82) is 0 Å². The maximum Gasteiger partial charge on any atom is 0.261 e. The molecule has 2 amide bonds. The summed E-state index contributed by atoms with van der Waals surface area (Å²) in [5, 5.41) is 3.77. The SMILES string of the molecule is Cc1ccc(OCC(=O)N(Cc2ccc(Cl)cc2)C(C)C(=O)NC2CCCCC2)cc1C. The quantitative estimate of drug-likeness (QED) is 0.593. The van der Waals surface area contributed by atoms with Gasteiger partial charge in [-0.15, -0.1) is 0 Å². The number of hydrogen-bond acceptors (Lipinski definition) is 3. The third-order valence-electron chi connectivity index (χ3n) is 6.23. The summed E-state index contributed by atoms with van der Waals surface area (Å²) in [4.78, 5) is 27.7. The number of benzene rings is 2. The highest BCUT2D eigenvalue weighted by molar-refractivity contribution is 6.30. The molecule has 3 rings (SSSR count). The van der Waals surface area contributed by atoms with Crippen molar-refractivity contribution in [2.75, 3.05) is 6.61 Å². The third-order valence-corrected chi connectivity index (χ3v) is 6.48. The molecule has 0 radical (unpaired) electrons. The molecule has 1 saturated carbocycles. The number of rotatable bonds is 8. The topological polar surface area (TPSA) is 58.6 Å². The second kappa shape index (κ2) is 11.4. The fraction of sp³-hybridized carbons (Fsp3) is 0.462. The van der Waals surface area contributed by atoms with E-state index >= 15 is 0 Å². The van der Waals surface area contributed by atoms with Gasteiger partial charge in [0.2, 0.25) is 5.91 Å². The number of ether oxygens (including phenoxy) is 1. The molecule has 1 fully saturated rings. The lowest BCUT2D eigenvalue weighted by Gasteiger charge is -2.31. The standard InChI is InChI=1S/C26H33ClN2O3/c1-18-9-14-24(15-19(18)2)32-17-25(30)29(16-21-10-12-22(27)13-11-21)20(3)26(31)28-23-7-5-4-6-8-23/h9-15,20,23H,4-8,16-17H2,1-3H3,(H,28,31). The lowest BCUT2D eigenvalue weighted by atomic mass is 9.95. The van der Waals surface area contributed by atoms with Crippen molar-refractivity contribution in [3.63, 3.8) is 0 Å². The highest BCUT2D eigenvalue weighted by Gasteiger charge is 2.28. The molecule has 2 aromatic carbocycles. The van der Waals surface area contributed by atoms with E-state index in [1.807, 2.05) is 44.2 Å². The summed E-state index contributed by atoms with van der Waals surface area (Å²) in [6.45, 7) is 6.00. The van der Waals surface area contributed by atoms with Crippen LogP contribution < -0.4 is 10.1 Å². The van der Waals surface area contributed by atoms with Crippen LogP contribution in [0.5, 0.6) is 5.75 Å². The maximum atomic E-state index is 13.2. The van der Waals surface area contributed by atoms with Crippen LogP contribution in [0.4, 0.5) is 0 Å². The van der Waals surface area contributed by atoms with Gasteiger partial charge < -0.3 is 15.0 Å². The zero-order valence-electron chi connectivity index (χ0n) is 19.2.